The normalized spacial score (nSPS) is 12.5. The molecule has 0 unspecified atom stereocenters. The molecule has 64 valence electrons. The minimum Gasteiger partial charge on any atom is -0.478 e. The maximum absolute atomic E-state index is 10.5. The molecule has 0 saturated carbocycles. The molecular formula is C9H11NO2. The number of benzene rings is 1. The summed E-state index contributed by atoms with van der Waals surface area (Å²) in [6.07, 6.45) is 0. The van der Waals surface area contributed by atoms with Crippen molar-refractivity contribution in [3.8, 4) is 0 Å². The van der Waals surface area contributed by atoms with E-state index in [1.54, 1.807) is 18.2 Å². The molecule has 0 saturated heterocycles. The van der Waals surface area contributed by atoms with Crippen LogP contribution in [0.2, 0.25) is 0 Å². The highest BCUT2D eigenvalue weighted by molar-refractivity contribution is 5.87. The van der Waals surface area contributed by atoms with Gasteiger partial charge in [-0.2, -0.15) is 0 Å². The largest absolute Gasteiger partial charge is 0.478 e. The average molecular weight is 165 g/mol. The van der Waals surface area contributed by atoms with Gasteiger partial charge in [-0.15, -0.1) is 0 Å². The number of carbonyl (C=O) groups is 1. The van der Waals surface area contributed by atoms with Crippen molar-refractivity contribution in [3.63, 3.8) is 0 Å². The van der Waals surface area contributed by atoms with Crippen LogP contribution in [0.3, 0.4) is 0 Å². The van der Waals surface area contributed by atoms with Gasteiger partial charge in [0.2, 0.25) is 0 Å². The van der Waals surface area contributed by atoms with Gasteiger partial charge in [0.1, 0.15) is 0 Å². The first-order valence-corrected chi connectivity index (χ1v) is 3.70. The van der Waals surface area contributed by atoms with Crippen molar-refractivity contribution in [1.29, 1.82) is 0 Å². The Morgan fingerprint density at radius 2 is 2.25 bits per heavy atom. The Morgan fingerprint density at radius 1 is 1.58 bits per heavy atom. The topological polar surface area (TPSA) is 63.3 Å². The molecule has 1 aromatic rings. The summed E-state index contributed by atoms with van der Waals surface area (Å²) in [5, 5.41) is 8.65. The van der Waals surface area contributed by atoms with Crippen LogP contribution in [-0.2, 0) is 0 Å². The summed E-state index contributed by atoms with van der Waals surface area (Å²) >= 11 is 0. The molecule has 12 heavy (non-hydrogen) atoms. The number of rotatable bonds is 2. The Hall–Kier alpha value is -1.35. The molecular weight excluding hydrogens is 154 g/mol. The van der Waals surface area contributed by atoms with Crippen molar-refractivity contribution in [1.82, 2.24) is 0 Å². The van der Waals surface area contributed by atoms with E-state index in [1.807, 2.05) is 13.0 Å². The monoisotopic (exact) mass is 165 g/mol. The van der Waals surface area contributed by atoms with Gasteiger partial charge in [-0.3, -0.25) is 0 Å². The fraction of sp³-hybridized carbons (Fsp3) is 0.222. The lowest BCUT2D eigenvalue weighted by atomic mass is 10.1. The van der Waals surface area contributed by atoms with Gasteiger partial charge in [-0.1, -0.05) is 12.1 Å². The zero-order valence-electron chi connectivity index (χ0n) is 6.82. The highest BCUT2D eigenvalue weighted by Gasteiger charge is 2.04. The van der Waals surface area contributed by atoms with Gasteiger partial charge >= 0.3 is 5.97 Å². The van der Waals surface area contributed by atoms with Crippen molar-refractivity contribution in [2.75, 3.05) is 0 Å². The van der Waals surface area contributed by atoms with Crippen LogP contribution in [0, 0.1) is 0 Å². The van der Waals surface area contributed by atoms with Crippen LogP contribution in [0.15, 0.2) is 24.3 Å². The van der Waals surface area contributed by atoms with E-state index in [-0.39, 0.29) is 11.6 Å². The third kappa shape index (κ3) is 1.83. The SMILES string of the molecule is C[C@@H](N)c1cccc(C(=O)O)c1. The minimum atomic E-state index is -0.919. The van der Waals surface area contributed by atoms with Gasteiger partial charge in [-0.05, 0) is 24.6 Å². The van der Waals surface area contributed by atoms with E-state index in [0.29, 0.717) is 0 Å². The van der Waals surface area contributed by atoms with E-state index in [0.717, 1.165) is 5.56 Å². The van der Waals surface area contributed by atoms with Crippen molar-refractivity contribution in [3.05, 3.63) is 35.4 Å². The van der Waals surface area contributed by atoms with Crippen LogP contribution in [0.25, 0.3) is 0 Å². The summed E-state index contributed by atoms with van der Waals surface area (Å²) in [6.45, 7) is 1.82. The molecule has 0 amide bonds. The summed E-state index contributed by atoms with van der Waals surface area (Å²) in [7, 11) is 0. The summed E-state index contributed by atoms with van der Waals surface area (Å²) in [5.41, 5.74) is 6.71. The number of carboxylic acids is 1. The molecule has 1 aromatic carbocycles. The average Bonchev–Trinajstić information content (AvgIpc) is 2.04. The molecule has 3 heteroatoms. The van der Waals surface area contributed by atoms with E-state index >= 15 is 0 Å². The molecule has 0 aliphatic rings. The lowest BCUT2D eigenvalue weighted by Gasteiger charge is -2.05. The van der Waals surface area contributed by atoms with Crippen LogP contribution in [0.1, 0.15) is 28.9 Å². The quantitative estimate of drug-likeness (QED) is 0.696. The van der Waals surface area contributed by atoms with Crippen molar-refractivity contribution in [2.24, 2.45) is 5.73 Å². The molecule has 1 atom stereocenters. The molecule has 0 bridgehead atoms. The lowest BCUT2D eigenvalue weighted by molar-refractivity contribution is 0.0697. The van der Waals surface area contributed by atoms with Gasteiger partial charge in [0.15, 0.2) is 0 Å². The molecule has 1 rings (SSSR count). The number of hydrogen-bond donors (Lipinski definition) is 2. The molecule has 0 aliphatic heterocycles. The van der Waals surface area contributed by atoms with Crippen LogP contribution in [-0.4, -0.2) is 11.1 Å². The summed E-state index contributed by atoms with van der Waals surface area (Å²) < 4.78 is 0. The maximum Gasteiger partial charge on any atom is 0.335 e. The fourth-order valence-electron chi connectivity index (χ4n) is 0.955. The zero-order valence-corrected chi connectivity index (χ0v) is 6.82. The molecule has 0 fully saturated rings. The second-order valence-electron chi connectivity index (χ2n) is 2.72. The standard InChI is InChI=1S/C9H11NO2/c1-6(10)7-3-2-4-8(5-7)9(11)12/h2-6H,10H2,1H3,(H,11,12)/t6-/m1/s1. The van der Waals surface area contributed by atoms with Gasteiger partial charge in [0.05, 0.1) is 5.56 Å². The van der Waals surface area contributed by atoms with Crippen molar-refractivity contribution in [2.45, 2.75) is 13.0 Å². The third-order valence-corrected chi connectivity index (χ3v) is 1.66. The second-order valence-corrected chi connectivity index (χ2v) is 2.72. The molecule has 0 aromatic heterocycles. The van der Waals surface area contributed by atoms with Crippen LogP contribution < -0.4 is 5.73 Å². The highest BCUT2D eigenvalue weighted by Crippen LogP contribution is 2.11. The van der Waals surface area contributed by atoms with Gasteiger partial charge < -0.3 is 10.8 Å². The van der Waals surface area contributed by atoms with E-state index in [9.17, 15) is 4.79 Å². The lowest BCUT2D eigenvalue weighted by Crippen LogP contribution is -2.06. The minimum absolute atomic E-state index is 0.121. The first-order chi connectivity index (χ1) is 5.61. The number of hydrogen-bond acceptors (Lipinski definition) is 2. The predicted octanol–water partition coefficient (Wildman–Crippen LogP) is 1.40. The van der Waals surface area contributed by atoms with E-state index in [2.05, 4.69) is 0 Å². The number of nitrogens with two attached hydrogens (primary N) is 1. The summed E-state index contributed by atoms with van der Waals surface area (Å²) in [5.74, 6) is -0.919. The predicted molar refractivity (Wildman–Crippen MR) is 46.0 cm³/mol. The molecule has 3 nitrogen and oxygen atoms in total. The van der Waals surface area contributed by atoms with Crippen LogP contribution in [0.4, 0.5) is 0 Å². The number of carboxylic acid groups (broad SMARTS) is 1. The highest BCUT2D eigenvalue weighted by atomic mass is 16.4. The molecule has 3 N–H and O–H groups in total. The molecule has 0 heterocycles. The Morgan fingerprint density at radius 3 is 2.75 bits per heavy atom. The van der Waals surface area contributed by atoms with Crippen molar-refractivity contribution >= 4 is 5.97 Å². The van der Waals surface area contributed by atoms with Crippen LogP contribution >= 0.6 is 0 Å². The Kier molecular flexibility index (Phi) is 2.45. The van der Waals surface area contributed by atoms with Crippen molar-refractivity contribution < 1.29 is 9.90 Å². The van der Waals surface area contributed by atoms with E-state index < -0.39 is 5.97 Å². The third-order valence-electron chi connectivity index (χ3n) is 1.66. The molecule has 0 aliphatic carbocycles. The maximum atomic E-state index is 10.5. The van der Waals surface area contributed by atoms with Gasteiger partial charge in [0.25, 0.3) is 0 Å². The number of aromatic carboxylic acids is 1. The van der Waals surface area contributed by atoms with Gasteiger partial charge in [-0.25, -0.2) is 4.79 Å². The second kappa shape index (κ2) is 3.36. The molecule has 0 radical (unpaired) electrons. The first kappa shape index (κ1) is 8.74. The summed E-state index contributed by atoms with van der Waals surface area (Å²) in [6, 6.07) is 6.53. The Labute approximate surface area is 70.8 Å². The summed E-state index contributed by atoms with van der Waals surface area (Å²) in [4.78, 5) is 10.5. The van der Waals surface area contributed by atoms with E-state index in [4.69, 9.17) is 10.8 Å². The van der Waals surface area contributed by atoms with E-state index in [1.165, 1.54) is 0 Å². The Bertz CT molecular complexity index is 294. The van der Waals surface area contributed by atoms with Crippen LogP contribution in [0.5, 0.6) is 0 Å². The van der Waals surface area contributed by atoms with Gasteiger partial charge in [0, 0.05) is 6.04 Å². The first-order valence-electron chi connectivity index (χ1n) is 3.70. The zero-order chi connectivity index (χ0) is 9.14. The fourth-order valence-corrected chi connectivity index (χ4v) is 0.955. The molecule has 0 spiro atoms. The Balaban J connectivity index is 3.04. The smallest absolute Gasteiger partial charge is 0.335 e.